The molecule has 1 rings (SSSR count). The molecule has 0 heterocycles. The van der Waals surface area contributed by atoms with Crippen LogP contribution < -0.4 is 0 Å². The third kappa shape index (κ3) is 10.2. The van der Waals surface area contributed by atoms with E-state index in [1.54, 1.807) is 0 Å². The fourth-order valence-electron chi connectivity index (χ4n) is 0.730. The molecule has 0 atom stereocenters. The van der Waals surface area contributed by atoms with Crippen LogP contribution in [0.2, 0.25) is 0 Å². The van der Waals surface area contributed by atoms with Gasteiger partial charge in [-0.3, -0.25) is 9.59 Å². The van der Waals surface area contributed by atoms with Gasteiger partial charge in [-0.25, -0.2) is 0 Å². The van der Waals surface area contributed by atoms with Crippen molar-refractivity contribution in [3.8, 4) is 0 Å². The van der Waals surface area contributed by atoms with Crippen LogP contribution in [-0.4, -0.2) is 18.7 Å². The van der Waals surface area contributed by atoms with Gasteiger partial charge in [-0.05, 0) is 6.92 Å². The Bertz CT molecular complexity index is 305. The minimum Gasteiger partial charge on any atom is -0.428 e. The van der Waals surface area contributed by atoms with Crippen LogP contribution in [0.5, 0.6) is 0 Å². The maximum Gasteiger partial charge on any atom is 0.305 e. The maximum absolute atomic E-state index is 10.0. The molecule has 4 heteroatoms. The first-order valence-electron chi connectivity index (χ1n) is 4.80. The fourth-order valence-corrected chi connectivity index (χ4v) is 0.730. The first-order chi connectivity index (χ1) is 7.52. The summed E-state index contributed by atoms with van der Waals surface area (Å²) in [5.74, 6) is -0.924. The Balaban J connectivity index is 0.000000288. The van der Waals surface area contributed by atoms with Crippen LogP contribution >= 0.6 is 0 Å². The van der Waals surface area contributed by atoms with Crippen LogP contribution in [-0.2, 0) is 19.1 Å². The molecule has 0 saturated carbocycles. The molecule has 0 N–H and O–H groups in total. The minimum atomic E-state index is -0.462. The molecule has 0 unspecified atom stereocenters. The van der Waals surface area contributed by atoms with E-state index in [4.69, 9.17) is 0 Å². The predicted octanol–water partition coefficient (Wildman–Crippen LogP) is 2.07. The zero-order valence-electron chi connectivity index (χ0n) is 9.73. The van der Waals surface area contributed by atoms with E-state index in [1.807, 2.05) is 18.2 Å². The van der Waals surface area contributed by atoms with Gasteiger partial charge in [0.25, 0.3) is 0 Å². The monoisotopic (exact) mass is 224 g/mol. The first kappa shape index (κ1) is 14.2. The molecule has 0 fully saturated rings. The van der Waals surface area contributed by atoms with Gasteiger partial charge in [0.15, 0.2) is 0 Å². The molecule has 4 nitrogen and oxygen atoms in total. The molecular formula is C12H16O4. The molecule has 0 radical (unpaired) electrons. The second kappa shape index (κ2) is 8.47. The molecule has 0 aromatic heterocycles. The Morgan fingerprint density at radius 2 is 1.44 bits per heavy atom. The Labute approximate surface area is 95.2 Å². The number of hydrogen-bond donors (Lipinski definition) is 0. The van der Waals surface area contributed by atoms with Gasteiger partial charge in [0.2, 0.25) is 6.79 Å². The van der Waals surface area contributed by atoms with Crippen molar-refractivity contribution in [2.24, 2.45) is 0 Å². The van der Waals surface area contributed by atoms with Gasteiger partial charge < -0.3 is 9.47 Å². The minimum absolute atomic E-state index is 0.287. The number of rotatable bonds is 2. The van der Waals surface area contributed by atoms with Gasteiger partial charge in [0.05, 0.1) is 0 Å². The van der Waals surface area contributed by atoms with Crippen LogP contribution in [0.25, 0.3) is 0 Å². The number of carbonyl (C=O) groups is 2. The lowest BCUT2D eigenvalue weighted by atomic mass is 10.2. The third-order valence-corrected chi connectivity index (χ3v) is 1.46. The number of benzene rings is 1. The van der Waals surface area contributed by atoms with Gasteiger partial charge in [-0.1, -0.05) is 35.9 Å². The van der Waals surface area contributed by atoms with Gasteiger partial charge in [-0.2, -0.15) is 0 Å². The summed E-state index contributed by atoms with van der Waals surface area (Å²) in [6, 6.07) is 10.3. The van der Waals surface area contributed by atoms with Crippen molar-refractivity contribution >= 4 is 11.9 Å². The molecule has 88 valence electrons. The summed E-state index contributed by atoms with van der Waals surface area (Å²) in [7, 11) is 0. The van der Waals surface area contributed by atoms with Crippen molar-refractivity contribution in [1.29, 1.82) is 0 Å². The quantitative estimate of drug-likeness (QED) is 0.570. The van der Waals surface area contributed by atoms with Crippen molar-refractivity contribution in [3.05, 3.63) is 35.9 Å². The maximum atomic E-state index is 10.0. The van der Waals surface area contributed by atoms with Crippen LogP contribution in [0.1, 0.15) is 19.4 Å². The van der Waals surface area contributed by atoms with E-state index in [2.05, 4.69) is 28.5 Å². The predicted molar refractivity (Wildman–Crippen MR) is 59.6 cm³/mol. The normalized spacial score (nSPS) is 8.44. The molecule has 1 aromatic rings. The van der Waals surface area contributed by atoms with E-state index in [1.165, 1.54) is 19.4 Å². The molecular weight excluding hydrogens is 208 g/mol. The third-order valence-electron chi connectivity index (χ3n) is 1.46. The van der Waals surface area contributed by atoms with Crippen molar-refractivity contribution in [2.75, 3.05) is 6.79 Å². The Hall–Kier alpha value is -1.84. The summed E-state index contributed by atoms with van der Waals surface area (Å²) in [5, 5.41) is 0. The highest BCUT2D eigenvalue weighted by atomic mass is 16.7. The second-order valence-corrected chi connectivity index (χ2v) is 3.04. The van der Waals surface area contributed by atoms with Gasteiger partial charge in [-0.15, -0.1) is 0 Å². The lowest BCUT2D eigenvalue weighted by molar-refractivity contribution is -0.163. The topological polar surface area (TPSA) is 52.6 Å². The van der Waals surface area contributed by atoms with E-state index < -0.39 is 11.9 Å². The summed E-state index contributed by atoms with van der Waals surface area (Å²) in [4.78, 5) is 20.0. The van der Waals surface area contributed by atoms with E-state index in [-0.39, 0.29) is 6.79 Å². The average Bonchev–Trinajstić information content (AvgIpc) is 2.18. The van der Waals surface area contributed by atoms with E-state index in [9.17, 15) is 9.59 Å². The summed E-state index contributed by atoms with van der Waals surface area (Å²) in [6.45, 7) is 4.28. The molecule has 0 amide bonds. The van der Waals surface area contributed by atoms with Crippen molar-refractivity contribution in [1.82, 2.24) is 0 Å². The largest absolute Gasteiger partial charge is 0.428 e. The zero-order valence-corrected chi connectivity index (χ0v) is 9.73. The Morgan fingerprint density at radius 3 is 1.69 bits per heavy atom. The molecule has 16 heavy (non-hydrogen) atoms. The summed E-state index contributed by atoms with van der Waals surface area (Å²) in [6.07, 6.45) is 0. The highest BCUT2D eigenvalue weighted by Gasteiger charge is 1.93. The van der Waals surface area contributed by atoms with Gasteiger partial charge in [0.1, 0.15) is 0 Å². The van der Waals surface area contributed by atoms with E-state index in [0.717, 1.165) is 0 Å². The number of aryl methyl sites for hydroxylation is 1. The summed E-state index contributed by atoms with van der Waals surface area (Å²) >= 11 is 0. The summed E-state index contributed by atoms with van der Waals surface area (Å²) < 4.78 is 8.54. The smallest absolute Gasteiger partial charge is 0.305 e. The standard InChI is InChI=1S/C7H8.C5H8O4/c1-7-5-3-2-4-6-7;1-4(6)8-3-9-5(2)7/h2-6H,1H3;3H2,1-2H3. The van der Waals surface area contributed by atoms with Crippen LogP contribution in [0, 0.1) is 6.92 Å². The van der Waals surface area contributed by atoms with E-state index >= 15 is 0 Å². The lowest BCUT2D eigenvalue weighted by Crippen LogP contribution is -2.07. The zero-order chi connectivity index (χ0) is 12.4. The molecule has 0 aliphatic heterocycles. The molecule has 0 aliphatic rings. The van der Waals surface area contributed by atoms with Crippen molar-refractivity contribution in [2.45, 2.75) is 20.8 Å². The average molecular weight is 224 g/mol. The van der Waals surface area contributed by atoms with Crippen LogP contribution in [0.3, 0.4) is 0 Å². The Kier molecular flexibility index (Phi) is 7.49. The highest BCUT2D eigenvalue weighted by molar-refractivity contribution is 5.67. The molecule has 0 bridgehead atoms. The van der Waals surface area contributed by atoms with Gasteiger partial charge >= 0.3 is 11.9 Å². The van der Waals surface area contributed by atoms with E-state index in [0.29, 0.717) is 0 Å². The number of carbonyl (C=O) groups excluding carboxylic acids is 2. The first-order valence-corrected chi connectivity index (χ1v) is 4.80. The Morgan fingerprint density at radius 1 is 1.00 bits per heavy atom. The van der Waals surface area contributed by atoms with Crippen molar-refractivity contribution in [3.63, 3.8) is 0 Å². The number of esters is 2. The number of hydrogen-bond acceptors (Lipinski definition) is 4. The molecule has 0 aliphatic carbocycles. The lowest BCUT2D eigenvalue weighted by Gasteiger charge is -1.99. The van der Waals surface area contributed by atoms with Crippen LogP contribution in [0.4, 0.5) is 0 Å². The van der Waals surface area contributed by atoms with Gasteiger partial charge in [0, 0.05) is 13.8 Å². The van der Waals surface area contributed by atoms with Crippen molar-refractivity contribution < 1.29 is 19.1 Å². The number of ether oxygens (including phenoxy) is 2. The molecule has 1 aromatic carbocycles. The molecule has 0 spiro atoms. The summed E-state index contributed by atoms with van der Waals surface area (Å²) in [5.41, 5.74) is 1.32. The highest BCUT2D eigenvalue weighted by Crippen LogP contribution is 1.92. The molecule has 0 saturated heterocycles. The second-order valence-electron chi connectivity index (χ2n) is 3.04. The fraction of sp³-hybridized carbons (Fsp3) is 0.333. The SMILES string of the molecule is CC(=O)OCOC(C)=O.Cc1ccccc1. The van der Waals surface area contributed by atoms with Crippen LogP contribution in [0.15, 0.2) is 30.3 Å².